The zero-order valence-corrected chi connectivity index (χ0v) is 13.5. The molecule has 0 saturated carbocycles. The minimum absolute atomic E-state index is 0.0668. The molecule has 112 valence electrons. The van der Waals surface area contributed by atoms with Gasteiger partial charge >= 0.3 is 0 Å². The molecule has 0 atom stereocenters. The number of sulfonamides is 1. The fourth-order valence-electron chi connectivity index (χ4n) is 1.23. The Kier molecular flexibility index (Phi) is 4.54. The van der Waals surface area contributed by atoms with E-state index < -0.39 is 20.6 Å². The normalized spacial score (nSPS) is 11.4. The van der Waals surface area contributed by atoms with Gasteiger partial charge in [0.15, 0.2) is 4.34 Å². The fourth-order valence-corrected chi connectivity index (χ4v) is 4.29. The molecule has 13 heteroatoms. The summed E-state index contributed by atoms with van der Waals surface area (Å²) in [5.74, 6) is -0.174. The van der Waals surface area contributed by atoms with E-state index in [1.165, 1.54) is 0 Å². The number of nitro groups is 1. The largest absolute Gasteiger partial charge is 0.300 e. The summed E-state index contributed by atoms with van der Waals surface area (Å²) in [5, 5.41) is 10.3. The second kappa shape index (κ2) is 5.89. The van der Waals surface area contributed by atoms with Crippen LogP contribution >= 0.6 is 46.1 Å². The molecule has 2 rings (SSSR count). The molecule has 1 N–H and O–H groups in total. The van der Waals surface area contributed by atoms with Crippen LogP contribution < -0.4 is 4.72 Å². The molecule has 2 aromatic heterocycles. The molecule has 8 nitrogen and oxygen atoms in total. The molecule has 0 bridgehead atoms. The van der Waals surface area contributed by atoms with Crippen molar-refractivity contribution in [3.63, 3.8) is 0 Å². The first kappa shape index (κ1) is 16.2. The Morgan fingerprint density at radius 1 is 1.24 bits per heavy atom. The van der Waals surface area contributed by atoms with Crippen LogP contribution in [0, 0.1) is 10.1 Å². The molecule has 0 radical (unpaired) electrons. The van der Waals surface area contributed by atoms with Gasteiger partial charge in [0.2, 0.25) is 5.28 Å². The predicted molar refractivity (Wildman–Crippen MR) is 78.8 cm³/mol. The fraction of sp³-hybridized carbons (Fsp3) is 0. The number of hydrogen-bond acceptors (Lipinski definition) is 7. The van der Waals surface area contributed by atoms with Crippen molar-refractivity contribution in [1.29, 1.82) is 0 Å². The maximum absolute atomic E-state index is 12.1. The first-order valence-electron chi connectivity index (χ1n) is 4.85. The first-order valence-corrected chi connectivity index (χ1v) is 8.29. The molecule has 0 fully saturated rings. The number of anilines is 1. The number of rotatable bonds is 4. The van der Waals surface area contributed by atoms with Gasteiger partial charge < -0.3 is 0 Å². The van der Waals surface area contributed by atoms with E-state index in [2.05, 4.69) is 14.7 Å². The summed E-state index contributed by atoms with van der Waals surface area (Å²) in [6, 6.07) is 1.98. The Balaban J connectivity index is 2.38. The van der Waals surface area contributed by atoms with Crippen molar-refractivity contribution in [2.24, 2.45) is 0 Å². The summed E-state index contributed by atoms with van der Waals surface area (Å²) < 4.78 is 25.7. The number of nitrogens with zero attached hydrogens (tertiary/aromatic N) is 3. The first-order chi connectivity index (χ1) is 9.69. The lowest BCUT2D eigenvalue weighted by atomic mass is 10.6. The average molecular weight is 390 g/mol. The highest BCUT2D eigenvalue weighted by Crippen LogP contribution is 2.36. The topological polar surface area (TPSA) is 115 Å². The standard InChI is InChI=1S/C8H3Cl3N4O4S2/c9-4-2-5(13-8(11)12-4)14-21(18,19)6-1-3(15(16)17)7(10)20-6/h1-2H,(H,12,13,14). The monoisotopic (exact) mass is 388 g/mol. The zero-order chi connectivity index (χ0) is 15.8. The molecular formula is C8H3Cl3N4O4S2. The number of nitrogens with one attached hydrogen (secondary N) is 1. The number of hydrogen-bond donors (Lipinski definition) is 1. The Morgan fingerprint density at radius 3 is 2.43 bits per heavy atom. The molecule has 2 aromatic rings. The van der Waals surface area contributed by atoms with E-state index in [9.17, 15) is 18.5 Å². The average Bonchev–Trinajstić information content (AvgIpc) is 2.70. The van der Waals surface area contributed by atoms with Gasteiger partial charge in [-0.1, -0.05) is 23.2 Å². The van der Waals surface area contributed by atoms with Crippen LogP contribution in [0.3, 0.4) is 0 Å². The molecule has 0 unspecified atom stereocenters. The second-order valence-electron chi connectivity index (χ2n) is 3.43. The van der Waals surface area contributed by atoms with Crippen LogP contribution in [0.2, 0.25) is 14.8 Å². The van der Waals surface area contributed by atoms with Gasteiger partial charge in [-0.15, -0.1) is 11.3 Å². The van der Waals surface area contributed by atoms with Crippen molar-refractivity contribution < 1.29 is 13.3 Å². The minimum Gasteiger partial charge on any atom is -0.262 e. The smallest absolute Gasteiger partial charge is 0.262 e. The van der Waals surface area contributed by atoms with Crippen LogP contribution in [-0.2, 0) is 10.0 Å². The van der Waals surface area contributed by atoms with Gasteiger partial charge in [0.05, 0.1) is 4.92 Å². The summed E-state index contributed by atoms with van der Waals surface area (Å²) in [4.78, 5) is 17.1. The third kappa shape index (κ3) is 3.71. The molecule has 0 aliphatic rings. The van der Waals surface area contributed by atoms with Crippen molar-refractivity contribution in [3.05, 3.63) is 37.0 Å². The number of thiophene rings is 1. The SMILES string of the molecule is O=[N+]([O-])c1cc(S(=O)(=O)Nc2cc(Cl)nc(Cl)n2)sc1Cl. The summed E-state index contributed by atoms with van der Waals surface area (Å²) in [5.41, 5.74) is -0.499. The third-order valence-corrected chi connectivity index (χ3v) is 5.54. The van der Waals surface area contributed by atoms with Gasteiger partial charge in [0.25, 0.3) is 15.7 Å². The van der Waals surface area contributed by atoms with Crippen molar-refractivity contribution in [1.82, 2.24) is 9.97 Å². The van der Waals surface area contributed by atoms with Gasteiger partial charge in [-0.25, -0.2) is 13.4 Å². The molecule has 0 amide bonds. The summed E-state index contributed by atoms with van der Waals surface area (Å²) in [6.45, 7) is 0. The van der Waals surface area contributed by atoms with Crippen LogP contribution in [-0.4, -0.2) is 23.3 Å². The van der Waals surface area contributed by atoms with E-state index in [-0.39, 0.29) is 24.8 Å². The van der Waals surface area contributed by atoms with E-state index in [1.54, 1.807) is 0 Å². The lowest BCUT2D eigenvalue weighted by molar-refractivity contribution is -0.384. The lowest BCUT2D eigenvalue weighted by Gasteiger charge is -2.05. The van der Waals surface area contributed by atoms with E-state index in [0.717, 1.165) is 12.1 Å². The molecule has 0 aliphatic carbocycles. The molecule has 0 saturated heterocycles. The summed E-state index contributed by atoms with van der Waals surface area (Å²) in [6.07, 6.45) is 0. The second-order valence-corrected chi connectivity index (χ2v) is 7.72. The van der Waals surface area contributed by atoms with Gasteiger partial charge in [0.1, 0.15) is 15.2 Å². The maximum Gasteiger partial charge on any atom is 0.300 e. The predicted octanol–water partition coefficient (Wildman–Crippen LogP) is 3.21. The Morgan fingerprint density at radius 2 is 1.90 bits per heavy atom. The van der Waals surface area contributed by atoms with Gasteiger partial charge in [-0.3, -0.25) is 14.8 Å². The van der Waals surface area contributed by atoms with E-state index in [0.29, 0.717) is 11.3 Å². The molecule has 0 aliphatic heterocycles. The van der Waals surface area contributed by atoms with Crippen LogP contribution in [0.15, 0.2) is 16.3 Å². The molecule has 0 spiro atoms. The van der Waals surface area contributed by atoms with Crippen molar-refractivity contribution in [2.75, 3.05) is 4.72 Å². The van der Waals surface area contributed by atoms with Crippen LogP contribution in [0.4, 0.5) is 11.5 Å². The highest BCUT2D eigenvalue weighted by atomic mass is 35.5. The Labute approximate surface area is 136 Å². The number of halogens is 3. The summed E-state index contributed by atoms with van der Waals surface area (Å²) >= 11 is 17.3. The molecular weight excluding hydrogens is 387 g/mol. The molecule has 2 heterocycles. The highest BCUT2D eigenvalue weighted by molar-refractivity contribution is 7.94. The minimum atomic E-state index is -4.11. The third-order valence-electron chi connectivity index (χ3n) is 2.01. The molecule has 21 heavy (non-hydrogen) atoms. The number of aromatic nitrogens is 2. The van der Waals surface area contributed by atoms with Gasteiger partial charge in [-0.05, 0) is 11.6 Å². The van der Waals surface area contributed by atoms with E-state index >= 15 is 0 Å². The van der Waals surface area contributed by atoms with E-state index in [1.807, 2.05) is 0 Å². The van der Waals surface area contributed by atoms with Gasteiger partial charge in [-0.2, -0.15) is 4.98 Å². The highest BCUT2D eigenvalue weighted by Gasteiger charge is 2.25. The maximum atomic E-state index is 12.1. The van der Waals surface area contributed by atoms with E-state index in [4.69, 9.17) is 34.8 Å². The van der Waals surface area contributed by atoms with Crippen LogP contribution in [0.5, 0.6) is 0 Å². The van der Waals surface area contributed by atoms with Gasteiger partial charge in [0, 0.05) is 12.1 Å². The van der Waals surface area contributed by atoms with Crippen molar-refractivity contribution in [2.45, 2.75) is 4.21 Å². The summed E-state index contributed by atoms with van der Waals surface area (Å²) in [7, 11) is -4.11. The molecule has 0 aromatic carbocycles. The van der Waals surface area contributed by atoms with Crippen LogP contribution in [0.1, 0.15) is 0 Å². The van der Waals surface area contributed by atoms with Crippen molar-refractivity contribution >= 4 is 67.7 Å². The lowest BCUT2D eigenvalue weighted by Crippen LogP contribution is -2.12. The Hall–Kier alpha value is -1.20. The zero-order valence-electron chi connectivity index (χ0n) is 9.58. The van der Waals surface area contributed by atoms with Crippen molar-refractivity contribution in [3.8, 4) is 0 Å². The van der Waals surface area contributed by atoms with Crippen LogP contribution in [0.25, 0.3) is 0 Å². The quantitative estimate of drug-likeness (QED) is 0.371. The Bertz CT molecular complexity index is 803.